The van der Waals surface area contributed by atoms with Crippen LogP contribution in [0.5, 0.6) is 0 Å². The predicted molar refractivity (Wildman–Crippen MR) is 165 cm³/mol. The van der Waals surface area contributed by atoms with Gasteiger partial charge in [0.1, 0.15) is 42.5 Å². The highest BCUT2D eigenvalue weighted by Crippen LogP contribution is 2.47. The molecule has 13 unspecified atom stereocenters. The van der Waals surface area contributed by atoms with Crippen molar-refractivity contribution in [1.82, 2.24) is 37.0 Å². The number of sulfone groups is 1. The molecule has 13 atom stereocenters. The highest BCUT2D eigenvalue weighted by atomic mass is 32.2. The molecule has 0 aromatic carbocycles. The standard InChI is InChI=1S/C28H50F5N7O3S2/c1-14-11-20(39-38-14)35-25-24(43-4)26(40-9-7-34-8-10-40)37-27(36-25)44-19-6-5-15(12-16(19)29)45(41,42)28(2,3)21-22(32)17(30)13-18(31)23(21)33/h14-27,34-39H,5-13H2,1-4H3. The molecule has 0 radical (unpaired) electrons. The van der Waals surface area contributed by atoms with Gasteiger partial charge in [-0.2, -0.15) is 0 Å². The van der Waals surface area contributed by atoms with Gasteiger partial charge in [0.05, 0.1) is 28.5 Å². The molecule has 262 valence electrons. The van der Waals surface area contributed by atoms with Gasteiger partial charge in [-0.15, -0.1) is 11.8 Å². The molecule has 5 rings (SSSR count). The minimum atomic E-state index is -4.37. The fourth-order valence-electron chi connectivity index (χ4n) is 7.69. The highest BCUT2D eigenvalue weighted by Gasteiger charge is 2.59. The van der Waals surface area contributed by atoms with Crippen molar-refractivity contribution >= 4 is 21.6 Å². The number of nitrogens with one attached hydrogen (secondary N) is 6. The average Bonchev–Trinajstić information content (AvgIpc) is 3.41. The van der Waals surface area contributed by atoms with Crippen LogP contribution in [0.1, 0.15) is 52.9 Å². The van der Waals surface area contributed by atoms with E-state index in [1.807, 2.05) is 0 Å². The van der Waals surface area contributed by atoms with Gasteiger partial charge in [0.25, 0.3) is 0 Å². The van der Waals surface area contributed by atoms with Crippen LogP contribution >= 0.6 is 11.8 Å². The van der Waals surface area contributed by atoms with E-state index in [-0.39, 0.29) is 49.9 Å². The summed E-state index contributed by atoms with van der Waals surface area (Å²) in [6, 6.07) is 0.282. The fraction of sp³-hybridized carbons (Fsp3) is 1.00. The molecule has 2 saturated carbocycles. The van der Waals surface area contributed by atoms with E-state index in [0.29, 0.717) is 0 Å². The molecule has 17 heteroatoms. The first-order chi connectivity index (χ1) is 21.2. The molecule has 45 heavy (non-hydrogen) atoms. The first-order valence-corrected chi connectivity index (χ1v) is 18.6. The number of methoxy groups -OCH3 is 1. The van der Waals surface area contributed by atoms with Crippen molar-refractivity contribution in [1.29, 1.82) is 0 Å². The van der Waals surface area contributed by atoms with Crippen LogP contribution in [-0.2, 0) is 14.6 Å². The van der Waals surface area contributed by atoms with Crippen molar-refractivity contribution in [2.45, 2.75) is 135 Å². The zero-order chi connectivity index (χ0) is 32.7. The molecular formula is C28H50F5N7O3S2. The Hall–Kier alpha value is -0.370. The quantitative estimate of drug-likeness (QED) is 0.197. The molecule has 0 amide bonds. The second-order valence-corrected chi connectivity index (χ2v) is 17.9. The van der Waals surface area contributed by atoms with Crippen LogP contribution in [0.3, 0.4) is 0 Å². The smallest absolute Gasteiger partial charge is 0.158 e. The lowest BCUT2D eigenvalue weighted by Gasteiger charge is -2.49. The third-order valence-electron chi connectivity index (χ3n) is 10.4. The van der Waals surface area contributed by atoms with Gasteiger partial charge in [-0.3, -0.25) is 26.3 Å². The molecule has 0 bridgehead atoms. The number of nitrogens with zero attached hydrogens (tertiary/aromatic N) is 1. The summed E-state index contributed by atoms with van der Waals surface area (Å²) in [5, 5.41) is 12.3. The maximum absolute atomic E-state index is 15.9. The Labute approximate surface area is 267 Å². The van der Waals surface area contributed by atoms with Crippen molar-refractivity contribution in [3.8, 4) is 0 Å². The lowest BCUT2D eigenvalue weighted by molar-refractivity contribution is -0.0598. The third kappa shape index (κ3) is 7.47. The minimum Gasteiger partial charge on any atom is -0.375 e. The first kappa shape index (κ1) is 35.9. The number of hydrazine groups is 1. The van der Waals surface area contributed by atoms with Crippen LogP contribution in [0, 0.1) is 5.92 Å². The van der Waals surface area contributed by atoms with Crippen molar-refractivity contribution in [3.05, 3.63) is 0 Å². The maximum atomic E-state index is 15.9. The predicted octanol–water partition coefficient (Wildman–Crippen LogP) is 1.40. The van der Waals surface area contributed by atoms with Crippen molar-refractivity contribution < 1.29 is 35.1 Å². The van der Waals surface area contributed by atoms with Crippen LogP contribution in [0.25, 0.3) is 0 Å². The monoisotopic (exact) mass is 691 g/mol. The summed E-state index contributed by atoms with van der Waals surface area (Å²) in [5.41, 5.74) is 6.07. The van der Waals surface area contributed by atoms with Gasteiger partial charge in [-0.25, -0.2) is 35.8 Å². The summed E-state index contributed by atoms with van der Waals surface area (Å²) in [7, 11) is -2.70. The Morgan fingerprint density at radius 2 is 1.58 bits per heavy atom. The lowest BCUT2D eigenvalue weighted by Crippen LogP contribution is -2.75. The van der Waals surface area contributed by atoms with E-state index in [2.05, 4.69) is 43.9 Å². The number of thioether (sulfide) groups is 1. The number of ether oxygens (including phenoxy) is 1. The second-order valence-electron chi connectivity index (χ2n) is 13.7. The molecule has 6 N–H and O–H groups in total. The summed E-state index contributed by atoms with van der Waals surface area (Å²) in [5.74, 6) is -2.02. The second kappa shape index (κ2) is 14.6. The number of hydrogen-bond donors (Lipinski definition) is 6. The van der Waals surface area contributed by atoms with E-state index in [1.165, 1.54) is 11.8 Å². The van der Waals surface area contributed by atoms with E-state index >= 15 is 4.39 Å². The van der Waals surface area contributed by atoms with Gasteiger partial charge < -0.3 is 10.1 Å². The summed E-state index contributed by atoms with van der Waals surface area (Å²) < 4.78 is 105. The van der Waals surface area contributed by atoms with Crippen LogP contribution in [-0.4, -0.2) is 129 Å². The zero-order valence-corrected chi connectivity index (χ0v) is 28.0. The third-order valence-corrected chi connectivity index (χ3v) is 14.8. The summed E-state index contributed by atoms with van der Waals surface area (Å²) >= 11 is 1.36. The topological polar surface area (TPSA) is 119 Å². The molecule has 10 nitrogen and oxygen atoms in total. The molecule has 3 saturated heterocycles. The zero-order valence-electron chi connectivity index (χ0n) is 26.3. The van der Waals surface area contributed by atoms with Gasteiger partial charge in [0, 0.05) is 56.9 Å². The Morgan fingerprint density at radius 1 is 0.911 bits per heavy atom. The number of halogens is 5. The Kier molecular flexibility index (Phi) is 11.7. The molecule has 3 heterocycles. The average molecular weight is 692 g/mol. The number of hydrogen-bond acceptors (Lipinski definition) is 11. The SMILES string of the molecule is COC1C(NC2CC(C)NN2)NC(SC2CCC(S(=O)(=O)C(C)(C)C3C(F)C(F)CC(F)C3F)CC2F)NC1N1CCNCC1. The number of alkyl halides is 5. The maximum Gasteiger partial charge on any atom is 0.158 e. The Morgan fingerprint density at radius 3 is 2.16 bits per heavy atom. The highest BCUT2D eigenvalue weighted by molar-refractivity contribution is 8.00. The molecule has 5 aliphatic rings. The minimum absolute atomic E-state index is 0.0159. The molecule has 2 aliphatic carbocycles. The van der Waals surface area contributed by atoms with E-state index in [0.717, 1.165) is 46.4 Å². The Bertz CT molecular complexity index is 1080. The fourth-order valence-corrected chi connectivity index (χ4v) is 11.4. The van der Waals surface area contributed by atoms with Gasteiger partial charge in [-0.05, 0) is 46.5 Å². The van der Waals surface area contributed by atoms with E-state index < -0.39 is 73.8 Å². The van der Waals surface area contributed by atoms with E-state index in [9.17, 15) is 26.0 Å². The van der Waals surface area contributed by atoms with Crippen molar-refractivity contribution in [2.24, 2.45) is 5.92 Å². The molecule has 0 aromatic heterocycles. The molecular weight excluding hydrogens is 641 g/mol. The summed E-state index contributed by atoms with van der Waals surface area (Å²) in [6.07, 6.45) is -12.0. The summed E-state index contributed by atoms with van der Waals surface area (Å²) in [6.45, 7) is 7.58. The Balaban J connectivity index is 1.27. The lowest BCUT2D eigenvalue weighted by atomic mass is 9.76. The van der Waals surface area contributed by atoms with Crippen molar-refractivity contribution in [2.75, 3.05) is 33.3 Å². The number of piperazine rings is 1. The van der Waals surface area contributed by atoms with Gasteiger partial charge >= 0.3 is 0 Å². The van der Waals surface area contributed by atoms with Gasteiger partial charge in [-0.1, -0.05) is 0 Å². The van der Waals surface area contributed by atoms with Crippen LogP contribution < -0.4 is 32.1 Å². The van der Waals surface area contributed by atoms with Crippen LogP contribution in [0.2, 0.25) is 0 Å². The molecule has 5 fully saturated rings. The molecule has 3 aliphatic heterocycles. The van der Waals surface area contributed by atoms with Crippen molar-refractivity contribution in [3.63, 3.8) is 0 Å². The van der Waals surface area contributed by atoms with Gasteiger partial charge in [0.2, 0.25) is 0 Å². The van der Waals surface area contributed by atoms with Crippen LogP contribution in [0.4, 0.5) is 22.0 Å². The van der Waals surface area contributed by atoms with E-state index in [1.54, 1.807) is 7.11 Å². The van der Waals surface area contributed by atoms with Crippen LogP contribution in [0.15, 0.2) is 0 Å². The van der Waals surface area contributed by atoms with Gasteiger partial charge in [0.15, 0.2) is 9.84 Å². The summed E-state index contributed by atoms with van der Waals surface area (Å²) in [4.78, 5) is 2.31. The molecule has 0 aromatic rings. The number of rotatable bonds is 9. The molecule has 0 spiro atoms. The normalized spacial score (nSPS) is 45.9. The first-order valence-electron chi connectivity index (χ1n) is 16.1. The largest absolute Gasteiger partial charge is 0.375 e. The van der Waals surface area contributed by atoms with E-state index in [4.69, 9.17) is 4.74 Å².